The Kier molecular flexibility index (Phi) is 7.32. The highest BCUT2D eigenvalue weighted by atomic mass is 16.5. The van der Waals surface area contributed by atoms with Gasteiger partial charge in [-0.2, -0.15) is 5.10 Å². The number of fused-ring (bicyclic) bond motifs is 1. The van der Waals surface area contributed by atoms with Crippen molar-refractivity contribution in [2.45, 2.75) is 38.8 Å². The first-order valence-corrected chi connectivity index (χ1v) is 12.7. The van der Waals surface area contributed by atoms with Gasteiger partial charge < -0.3 is 15.0 Å². The Bertz CT molecular complexity index is 1200. The molecule has 2 amide bonds. The third kappa shape index (κ3) is 5.44. The molecule has 1 fully saturated rings. The molecule has 2 aliphatic heterocycles. The van der Waals surface area contributed by atoms with Crippen LogP contribution in [0.3, 0.4) is 0 Å². The maximum Gasteiger partial charge on any atom is 0.251 e. The van der Waals surface area contributed by atoms with Crippen LogP contribution in [0.1, 0.15) is 41.6 Å². The molecule has 2 aliphatic rings. The number of carbonyl (C=O) groups excluding carboxylic acids is 2. The van der Waals surface area contributed by atoms with E-state index in [1.54, 1.807) is 12.0 Å². The Hall–Kier alpha value is -3.65. The molecule has 1 N–H and O–H groups in total. The van der Waals surface area contributed by atoms with Crippen molar-refractivity contribution >= 4 is 17.6 Å². The van der Waals surface area contributed by atoms with Crippen LogP contribution in [0.5, 0.6) is 5.75 Å². The molecule has 0 radical (unpaired) electrons. The quantitative estimate of drug-likeness (QED) is 0.466. The van der Waals surface area contributed by atoms with Gasteiger partial charge in [0.05, 0.1) is 25.9 Å². The summed E-state index contributed by atoms with van der Waals surface area (Å²) in [7, 11) is 1.64. The summed E-state index contributed by atoms with van der Waals surface area (Å²) in [6.07, 6.45) is 3.95. The van der Waals surface area contributed by atoms with E-state index in [1.807, 2.05) is 59.3 Å². The number of aryl methyl sites for hydroxylation is 1. The Morgan fingerprint density at radius 3 is 2.50 bits per heavy atom. The van der Waals surface area contributed by atoms with E-state index in [2.05, 4.69) is 10.2 Å². The molecule has 8 heteroatoms. The molecular formula is C28H33N5O3. The standard InChI is InChI=1S/C28H33N5O3/c1-36-24-11-9-22(10-12-24)25-19-26-32(27(34)13-18-33(26)30-25)20-21-5-7-23(8-6-21)28(35)29-14-4-17-31-15-2-3-16-31/h5-12,19H,2-4,13-18,20H2,1H3,(H,29,35). The van der Waals surface area contributed by atoms with Gasteiger partial charge >= 0.3 is 0 Å². The zero-order valence-corrected chi connectivity index (χ0v) is 20.8. The number of aromatic nitrogens is 2. The zero-order valence-electron chi connectivity index (χ0n) is 20.8. The molecule has 8 nitrogen and oxygen atoms in total. The van der Waals surface area contributed by atoms with Gasteiger partial charge in [0.1, 0.15) is 11.6 Å². The van der Waals surface area contributed by atoms with E-state index in [1.165, 1.54) is 25.9 Å². The Labute approximate surface area is 211 Å². The van der Waals surface area contributed by atoms with Crippen molar-refractivity contribution in [1.29, 1.82) is 0 Å². The molecule has 0 spiro atoms. The van der Waals surface area contributed by atoms with Crippen molar-refractivity contribution in [3.63, 3.8) is 0 Å². The van der Waals surface area contributed by atoms with Crippen molar-refractivity contribution in [3.05, 3.63) is 65.7 Å². The first kappa shape index (κ1) is 24.1. The summed E-state index contributed by atoms with van der Waals surface area (Å²) < 4.78 is 7.14. The molecule has 0 bridgehead atoms. The van der Waals surface area contributed by atoms with Crippen molar-refractivity contribution < 1.29 is 14.3 Å². The normalized spacial score (nSPS) is 15.7. The maximum atomic E-state index is 12.8. The number of hydrogen-bond acceptors (Lipinski definition) is 5. The van der Waals surface area contributed by atoms with Gasteiger partial charge in [0.2, 0.25) is 5.91 Å². The average molecular weight is 488 g/mol. The van der Waals surface area contributed by atoms with Crippen LogP contribution in [0.25, 0.3) is 11.3 Å². The molecule has 0 saturated carbocycles. The van der Waals surface area contributed by atoms with E-state index in [0.717, 1.165) is 41.4 Å². The predicted octanol–water partition coefficient (Wildman–Crippen LogP) is 3.71. The highest BCUT2D eigenvalue weighted by Crippen LogP contribution is 2.30. The summed E-state index contributed by atoms with van der Waals surface area (Å²) in [6, 6.07) is 17.2. The van der Waals surface area contributed by atoms with E-state index in [-0.39, 0.29) is 11.8 Å². The first-order valence-electron chi connectivity index (χ1n) is 12.7. The summed E-state index contributed by atoms with van der Waals surface area (Å²) in [6.45, 7) is 5.08. The number of likely N-dealkylation sites (tertiary alicyclic amines) is 1. The molecule has 3 heterocycles. The fourth-order valence-electron chi connectivity index (χ4n) is 4.88. The molecule has 1 saturated heterocycles. The molecule has 2 aromatic carbocycles. The van der Waals surface area contributed by atoms with Gasteiger partial charge in [-0.15, -0.1) is 0 Å². The van der Waals surface area contributed by atoms with Crippen molar-refractivity contribution in [2.24, 2.45) is 0 Å². The summed E-state index contributed by atoms with van der Waals surface area (Å²) in [4.78, 5) is 29.6. The van der Waals surface area contributed by atoms with Crippen LogP contribution >= 0.6 is 0 Å². The van der Waals surface area contributed by atoms with Gasteiger partial charge in [-0.05, 0) is 80.9 Å². The first-order chi connectivity index (χ1) is 17.6. The molecule has 0 unspecified atom stereocenters. The third-order valence-electron chi connectivity index (χ3n) is 6.95. The van der Waals surface area contributed by atoms with Gasteiger partial charge in [-0.25, -0.2) is 4.68 Å². The Morgan fingerprint density at radius 2 is 1.78 bits per heavy atom. The summed E-state index contributed by atoms with van der Waals surface area (Å²) in [5, 5.41) is 7.75. The highest BCUT2D eigenvalue weighted by molar-refractivity contribution is 5.95. The molecule has 0 atom stereocenters. The van der Waals surface area contributed by atoms with E-state index in [9.17, 15) is 9.59 Å². The minimum Gasteiger partial charge on any atom is -0.497 e. The lowest BCUT2D eigenvalue weighted by Crippen LogP contribution is -2.36. The number of benzene rings is 2. The van der Waals surface area contributed by atoms with Gasteiger partial charge in [-0.3, -0.25) is 14.5 Å². The average Bonchev–Trinajstić information content (AvgIpc) is 3.59. The van der Waals surface area contributed by atoms with Crippen LogP contribution in [0.2, 0.25) is 0 Å². The van der Waals surface area contributed by atoms with E-state index in [4.69, 9.17) is 9.84 Å². The van der Waals surface area contributed by atoms with Crippen LogP contribution in [0.4, 0.5) is 5.82 Å². The Morgan fingerprint density at radius 1 is 1.03 bits per heavy atom. The fraction of sp³-hybridized carbons (Fsp3) is 0.393. The number of nitrogens with one attached hydrogen (secondary N) is 1. The number of ether oxygens (including phenoxy) is 1. The molecule has 3 aromatic rings. The molecule has 5 rings (SSSR count). The number of rotatable bonds is 9. The SMILES string of the molecule is COc1ccc(-c2cc3n(n2)CCC(=O)N3Cc2ccc(C(=O)NCCCN3CCCC3)cc2)cc1. The largest absolute Gasteiger partial charge is 0.497 e. The van der Waals surface area contributed by atoms with Crippen LogP contribution in [-0.4, -0.2) is 59.8 Å². The molecule has 1 aromatic heterocycles. The third-order valence-corrected chi connectivity index (χ3v) is 6.95. The number of carbonyl (C=O) groups is 2. The number of methoxy groups -OCH3 is 1. The second-order valence-corrected chi connectivity index (χ2v) is 9.42. The summed E-state index contributed by atoms with van der Waals surface area (Å²) in [5.74, 6) is 1.60. The lowest BCUT2D eigenvalue weighted by Gasteiger charge is -2.27. The molecular weight excluding hydrogens is 454 g/mol. The number of anilines is 1. The van der Waals surface area contributed by atoms with Crippen LogP contribution in [0.15, 0.2) is 54.6 Å². The summed E-state index contributed by atoms with van der Waals surface area (Å²) in [5.41, 5.74) is 3.40. The van der Waals surface area contributed by atoms with Gasteiger partial charge in [0.25, 0.3) is 5.91 Å². The maximum absolute atomic E-state index is 12.8. The van der Waals surface area contributed by atoms with Crippen LogP contribution < -0.4 is 15.0 Å². The summed E-state index contributed by atoms with van der Waals surface area (Å²) >= 11 is 0. The van der Waals surface area contributed by atoms with E-state index >= 15 is 0 Å². The van der Waals surface area contributed by atoms with Gasteiger partial charge in [0, 0.05) is 30.2 Å². The fourth-order valence-corrected chi connectivity index (χ4v) is 4.88. The van der Waals surface area contributed by atoms with Gasteiger partial charge in [-0.1, -0.05) is 12.1 Å². The smallest absolute Gasteiger partial charge is 0.251 e. The second kappa shape index (κ2) is 11.0. The topological polar surface area (TPSA) is 79.7 Å². The Balaban J connectivity index is 1.21. The highest BCUT2D eigenvalue weighted by Gasteiger charge is 2.26. The van der Waals surface area contributed by atoms with E-state index in [0.29, 0.717) is 31.6 Å². The minimum atomic E-state index is -0.0563. The number of hydrogen-bond donors (Lipinski definition) is 1. The molecule has 188 valence electrons. The minimum absolute atomic E-state index is 0.0563. The number of nitrogens with zero attached hydrogens (tertiary/aromatic N) is 4. The predicted molar refractivity (Wildman–Crippen MR) is 139 cm³/mol. The van der Waals surface area contributed by atoms with Crippen molar-refractivity contribution in [3.8, 4) is 17.0 Å². The van der Waals surface area contributed by atoms with Crippen molar-refractivity contribution in [2.75, 3.05) is 38.2 Å². The van der Waals surface area contributed by atoms with E-state index < -0.39 is 0 Å². The lowest BCUT2D eigenvalue weighted by molar-refractivity contribution is -0.119. The molecule has 36 heavy (non-hydrogen) atoms. The van der Waals surface area contributed by atoms with Crippen LogP contribution in [0, 0.1) is 0 Å². The molecule has 0 aliphatic carbocycles. The second-order valence-electron chi connectivity index (χ2n) is 9.42. The van der Waals surface area contributed by atoms with Crippen LogP contribution in [-0.2, 0) is 17.9 Å². The lowest BCUT2D eigenvalue weighted by atomic mass is 10.1. The number of amides is 2. The zero-order chi connectivity index (χ0) is 24.9. The van der Waals surface area contributed by atoms with Crippen molar-refractivity contribution in [1.82, 2.24) is 20.0 Å². The monoisotopic (exact) mass is 487 g/mol. The van der Waals surface area contributed by atoms with Gasteiger partial charge in [0.15, 0.2) is 0 Å².